The van der Waals surface area contributed by atoms with Crippen molar-refractivity contribution in [3.8, 4) is 0 Å². The van der Waals surface area contributed by atoms with Gasteiger partial charge in [0, 0.05) is 5.56 Å². The van der Waals surface area contributed by atoms with Crippen molar-refractivity contribution in [3.05, 3.63) is 35.4 Å². The molecule has 0 fully saturated rings. The highest BCUT2D eigenvalue weighted by molar-refractivity contribution is 5.99. The third kappa shape index (κ3) is 3.13. The fourth-order valence-electron chi connectivity index (χ4n) is 1.10. The van der Waals surface area contributed by atoms with Gasteiger partial charge in [-0.1, -0.05) is 29.8 Å². The first-order chi connectivity index (χ1) is 6.15. The Balaban J connectivity index is 0.00000169. The van der Waals surface area contributed by atoms with Crippen LogP contribution in [0.1, 0.15) is 22.8 Å². The summed E-state index contributed by atoms with van der Waals surface area (Å²) in [5.41, 5.74) is 1.95. The van der Waals surface area contributed by atoms with Crippen LogP contribution < -0.4 is 5.32 Å². The van der Waals surface area contributed by atoms with Gasteiger partial charge in [-0.05, 0) is 20.9 Å². The molecule has 0 aromatic heterocycles. The smallest absolute Gasteiger partial charge is 0.179 e. The molecule has 0 spiro atoms. The number of ketones is 1. The Hall–Kier alpha value is -0.860. The maximum Gasteiger partial charge on any atom is 0.179 e. The van der Waals surface area contributed by atoms with Crippen LogP contribution in [0.15, 0.2) is 24.3 Å². The summed E-state index contributed by atoms with van der Waals surface area (Å²) in [6, 6.07) is 7.53. The Morgan fingerprint density at radius 2 is 1.79 bits per heavy atom. The van der Waals surface area contributed by atoms with Gasteiger partial charge in [0.15, 0.2) is 5.78 Å². The third-order valence-corrected chi connectivity index (χ3v) is 2.16. The molecule has 0 saturated heterocycles. The third-order valence-electron chi connectivity index (χ3n) is 2.16. The highest BCUT2D eigenvalue weighted by atomic mass is 35.5. The van der Waals surface area contributed by atoms with Gasteiger partial charge in [0.1, 0.15) is 0 Å². The molecule has 2 nitrogen and oxygen atoms in total. The van der Waals surface area contributed by atoms with Crippen molar-refractivity contribution >= 4 is 18.2 Å². The van der Waals surface area contributed by atoms with Crippen LogP contribution in [0.25, 0.3) is 0 Å². The summed E-state index contributed by atoms with van der Waals surface area (Å²) < 4.78 is 0. The number of rotatable bonds is 3. The summed E-state index contributed by atoms with van der Waals surface area (Å²) >= 11 is 0. The Bertz CT molecular complexity index is 295. The highest BCUT2D eigenvalue weighted by Gasteiger charge is 2.11. The molecule has 0 radical (unpaired) electrons. The van der Waals surface area contributed by atoms with E-state index in [1.54, 1.807) is 7.05 Å². The minimum Gasteiger partial charge on any atom is -0.310 e. The van der Waals surface area contributed by atoms with Crippen LogP contribution >= 0.6 is 12.4 Å². The summed E-state index contributed by atoms with van der Waals surface area (Å²) in [4.78, 5) is 11.6. The van der Waals surface area contributed by atoms with Gasteiger partial charge >= 0.3 is 0 Å². The van der Waals surface area contributed by atoms with Gasteiger partial charge in [-0.15, -0.1) is 12.4 Å². The molecule has 1 aromatic rings. The van der Waals surface area contributed by atoms with Crippen molar-refractivity contribution in [3.63, 3.8) is 0 Å². The topological polar surface area (TPSA) is 29.1 Å². The molecule has 0 saturated carbocycles. The van der Waals surface area contributed by atoms with E-state index in [2.05, 4.69) is 5.32 Å². The van der Waals surface area contributed by atoms with E-state index in [1.165, 1.54) is 5.56 Å². The fraction of sp³-hybridized carbons (Fsp3) is 0.364. The molecule has 0 heterocycles. The second-order valence-corrected chi connectivity index (χ2v) is 3.24. The lowest BCUT2D eigenvalue weighted by molar-refractivity contribution is 0.0955. The molecule has 0 aliphatic heterocycles. The largest absolute Gasteiger partial charge is 0.310 e. The monoisotopic (exact) mass is 213 g/mol. The van der Waals surface area contributed by atoms with E-state index in [9.17, 15) is 4.79 Å². The van der Waals surface area contributed by atoms with E-state index < -0.39 is 0 Å². The molecule has 1 rings (SSSR count). The second kappa shape index (κ2) is 5.78. The molecule has 0 aliphatic rings. The number of likely N-dealkylation sites (N-methyl/N-ethyl adjacent to an activating group) is 1. The number of Topliss-reactive ketones (excluding diaryl/α,β-unsaturated/α-hetero) is 1. The Labute approximate surface area is 91.1 Å². The van der Waals surface area contributed by atoms with E-state index in [4.69, 9.17) is 0 Å². The average Bonchev–Trinajstić information content (AvgIpc) is 2.17. The van der Waals surface area contributed by atoms with Crippen LogP contribution in [0.2, 0.25) is 0 Å². The number of aryl methyl sites for hydroxylation is 1. The van der Waals surface area contributed by atoms with Crippen LogP contribution in [-0.2, 0) is 0 Å². The van der Waals surface area contributed by atoms with Gasteiger partial charge in [-0.3, -0.25) is 4.79 Å². The molecule has 0 amide bonds. The summed E-state index contributed by atoms with van der Waals surface area (Å²) in [7, 11) is 1.79. The van der Waals surface area contributed by atoms with Gasteiger partial charge in [0.05, 0.1) is 6.04 Å². The molecule has 0 bridgehead atoms. The van der Waals surface area contributed by atoms with Gasteiger partial charge in [-0.2, -0.15) is 0 Å². The molecule has 1 unspecified atom stereocenters. The zero-order chi connectivity index (χ0) is 9.84. The van der Waals surface area contributed by atoms with Gasteiger partial charge in [0.2, 0.25) is 0 Å². The summed E-state index contributed by atoms with van der Waals surface area (Å²) in [5.74, 6) is 0.141. The standard InChI is InChI=1S/C11H15NO.ClH/c1-8-4-6-10(7-5-8)11(13)9(2)12-3;/h4-7,9,12H,1-3H3;1H. The molecule has 1 N–H and O–H groups in total. The molecule has 78 valence electrons. The van der Waals surface area contributed by atoms with Crippen LogP contribution in [-0.4, -0.2) is 18.9 Å². The maximum absolute atomic E-state index is 11.6. The summed E-state index contributed by atoms with van der Waals surface area (Å²) in [6.07, 6.45) is 0. The van der Waals surface area contributed by atoms with Crippen LogP contribution in [0.3, 0.4) is 0 Å². The van der Waals surface area contributed by atoms with Crippen LogP contribution in [0.5, 0.6) is 0 Å². The van der Waals surface area contributed by atoms with Crippen molar-refractivity contribution in [2.75, 3.05) is 7.05 Å². The van der Waals surface area contributed by atoms with E-state index >= 15 is 0 Å². The highest BCUT2D eigenvalue weighted by Crippen LogP contribution is 2.05. The Kier molecular flexibility index (Phi) is 5.43. The molecular formula is C11H16ClNO. The average molecular weight is 214 g/mol. The van der Waals surface area contributed by atoms with E-state index in [0.717, 1.165) is 5.56 Å². The van der Waals surface area contributed by atoms with Crippen molar-refractivity contribution < 1.29 is 4.79 Å². The van der Waals surface area contributed by atoms with E-state index in [0.29, 0.717) is 0 Å². The normalized spacial score (nSPS) is 11.6. The zero-order valence-electron chi connectivity index (χ0n) is 8.70. The minimum absolute atomic E-state index is 0. The van der Waals surface area contributed by atoms with Crippen LogP contribution in [0.4, 0.5) is 0 Å². The number of carbonyl (C=O) groups excluding carboxylic acids is 1. The Morgan fingerprint density at radius 3 is 2.21 bits per heavy atom. The minimum atomic E-state index is -0.109. The summed E-state index contributed by atoms with van der Waals surface area (Å²) in [6.45, 7) is 3.87. The number of hydrogen-bond donors (Lipinski definition) is 1. The first kappa shape index (κ1) is 13.1. The lowest BCUT2D eigenvalue weighted by Gasteiger charge is -2.08. The zero-order valence-corrected chi connectivity index (χ0v) is 9.52. The lowest BCUT2D eigenvalue weighted by Crippen LogP contribution is -2.30. The predicted molar refractivity (Wildman–Crippen MR) is 61.3 cm³/mol. The number of hydrogen-bond acceptors (Lipinski definition) is 2. The number of halogens is 1. The summed E-state index contributed by atoms with van der Waals surface area (Å²) in [5, 5.41) is 2.93. The van der Waals surface area contributed by atoms with Crippen molar-refractivity contribution in [2.45, 2.75) is 19.9 Å². The predicted octanol–water partition coefficient (Wildman–Crippen LogP) is 2.21. The van der Waals surface area contributed by atoms with E-state index in [-0.39, 0.29) is 24.2 Å². The fourth-order valence-corrected chi connectivity index (χ4v) is 1.10. The van der Waals surface area contributed by atoms with Crippen LogP contribution in [0, 0.1) is 6.92 Å². The molecule has 1 atom stereocenters. The molecular weight excluding hydrogens is 198 g/mol. The van der Waals surface area contributed by atoms with Gasteiger partial charge < -0.3 is 5.32 Å². The van der Waals surface area contributed by atoms with Crippen molar-refractivity contribution in [2.24, 2.45) is 0 Å². The molecule has 14 heavy (non-hydrogen) atoms. The number of carbonyl (C=O) groups is 1. The van der Waals surface area contributed by atoms with Gasteiger partial charge in [0.25, 0.3) is 0 Å². The molecule has 0 aliphatic carbocycles. The molecule has 1 aromatic carbocycles. The number of nitrogens with one attached hydrogen (secondary N) is 1. The number of benzene rings is 1. The molecule has 3 heteroatoms. The Morgan fingerprint density at radius 1 is 1.29 bits per heavy atom. The quantitative estimate of drug-likeness (QED) is 0.781. The van der Waals surface area contributed by atoms with Gasteiger partial charge in [-0.25, -0.2) is 0 Å². The van der Waals surface area contributed by atoms with Crippen molar-refractivity contribution in [1.82, 2.24) is 5.32 Å². The van der Waals surface area contributed by atoms with E-state index in [1.807, 2.05) is 38.1 Å². The first-order valence-corrected chi connectivity index (χ1v) is 4.43. The SMILES string of the molecule is CNC(C)C(=O)c1ccc(C)cc1.Cl. The maximum atomic E-state index is 11.6. The van der Waals surface area contributed by atoms with Crippen molar-refractivity contribution in [1.29, 1.82) is 0 Å². The lowest BCUT2D eigenvalue weighted by atomic mass is 10.0. The first-order valence-electron chi connectivity index (χ1n) is 4.43. The second-order valence-electron chi connectivity index (χ2n) is 3.24.